The Bertz CT molecular complexity index is 373. The van der Waals surface area contributed by atoms with E-state index in [1.54, 1.807) is 0 Å². The summed E-state index contributed by atoms with van der Waals surface area (Å²) in [5, 5.41) is 0. The van der Waals surface area contributed by atoms with Crippen molar-refractivity contribution in [3.05, 3.63) is 35.4 Å². The largest absolute Gasteiger partial charge is 0.371 e. The van der Waals surface area contributed by atoms with Crippen molar-refractivity contribution in [2.75, 3.05) is 0 Å². The second kappa shape index (κ2) is 2.22. The van der Waals surface area contributed by atoms with Gasteiger partial charge >= 0.3 is 5.92 Å². The summed E-state index contributed by atoms with van der Waals surface area (Å²) in [6.07, 6.45) is 0. The van der Waals surface area contributed by atoms with Crippen molar-refractivity contribution in [1.29, 1.82) is 0 Å². The lowest BCUT2D eigenvalue weighted by molar-refractivity contribution is 0.0189. The molecule has 0 aliphatic heterocycles. The van der Waals surface area contributed by atoms with Crippen molar-refractivity contribution in [2.24, 2.45) is 0 Å². The van der Waals surface area contributed by atoms with Crippen molar-refractivity contribution in [2.45, 2.75) is 5.92 Å². The van der Waals surface area contributed by atoms with Gasteiger partial charge in [0.05, 0.1) is 0 Å². The van der Waals surface area contributed by atoms with Crippen LogP contribution in [0.2, 0.25) is 0 Å². The molecule has 0 bridgehead atoms. The van der Waals surface area contributed by atoms with Gasteiger partial charge in [-0.2, -0.15) is 8.78 Å². The second-order valence-electron chi connectivity index (χ2n) is 2.78. The lowest BCUT2D eigenvalue weighted by Crippen LogP contribution is -2.30. The number of Topliss-reactive ketones (excluding diaryl/α,β-unsaturated/α-hetero) is 2. The molecular formula is C9H4F2O2. The van der Waals surface area contributed by atoms with Crippen LogP contribution in [0.1, 0.15) is 20.7 Å². The normalized spacial score (nSPS) is 18.9. The summed E-state index contributed by atoms with van der Waals surface area (Å²) >= 11 is 0. The highest BCUT2D eigenvalue weighted by Gasteiger charge is 2.54. The number of hydrogen-bond acceptors (Lipinski definition) is 2. The molecule has 0 atom stereocenters. The lowest BCUT2D eigenvalue weighted by Gasteiger charge is -2.01. The van der Waals surface area contributed by atoms with Gasteiger partial charge in [0.2, 0.25) is 11.6 Å². The highest BCUT2D eigenvalue weighted by atomic mass is 19.3. The van der Waals surface area contributed by atoms with Gasteiger partial charge in [0, 0.05) is 11.1 Å². The maximum atomic E-state index is 12.8. The molecule has 2 rings (SSSR count). The van der Waals surface area contributed by atoms with Crippen molar-refractivity contribution >= 4 is 11.6 Å². The molecule has 0 spiro atoms. The van der Waals surface area contributed by atoms with E-state index in [1.807, 2.05) is 0 Å². The van der Waals surface area contributed by atoms with Crippen molar-refractivity contribution in [3.8, 4) is 0 Å². The molecule has 0 radical (unpaired) electrons. The van der Waals surface area contributed by atoms with Gasteiger partial charge in [-0.05, 0) is 0 Å². The molecule has 0 heterocycles. The Morgan fingerprint density at radius 1 is 0.923 bits per heavy atom. The van der Waals surface area contributed by atoms with Crippen LogP contribution < -0.4 is 0 Å². The van der Waals surface area contributed by atoms with Crippen LogP contribution in [-0.2, 0) is 0 Å². The smallest absolute Gasteiger partial charge is 0.287 e. The lowest BCUT2D eigenvalue weighted by atomic mass is 10.1. The molecule has 1 aromatic carbocycles. The summed E-state index contributed by atoms with van der Waals surface area (Å²) in [5.41, 5.74) is -0.366. The molecule has 1 aromatic rings. The number of hydrogen-bond donors (Lipinski definition) is 0. The van der Waals surface area contributed by atoms with Gasteiger partial charge in [-0.3, -0.25) is 9.59 Å². The third kappa shape index (κ3) is 0.854. The van der Waals surface area contributed by atoms with Crippen molar-refractivity contribution < 1.29 is 18.4 Å². The Morgan fingerprint density at radius 3 is 1.69 bits per heavy atom. The Kier molecular flexibility index (Phi) is 1.37. The molecule has 0 fully saturated rings. The number of rotatable bonds is 0. The molecule has 0 aromatic heterocycles. The third-order valence-corrected chi connectivity index (χ3v) is 1.99. The molecule has 4 heteroatoms. The van der Waals surface area contributed by atoms with Crippen molar-refractivity contribution in [1.82, 2.24) is 0 Å². The summed E-state index contributed by atoms with van der Waals surface area (Å²) < 4.78 is 25.6. The van der Waals surface area contributed by atoms with Gasteiger partial charge in [-0.15, -0.1) is 0 Å². The zero-order valence-corrected chi connectivity index (χ0v) is 6.38. The van der Waals surface area contributed by atoms with Gasteiger partial charge in [0.1, 0.15) is 0 Å². The molecule has 13 heavy (non-hydrogen) atoms. The van der Waals surface area contributed by atoms with E-state index in [1.165, 1.54) is 24.3 Å². The minimum atomic E-state index is -3.86. The summed E-state index contributed by atoms with van der Waals surface area (Å²) in [7, 11) is 0. The summed E-state index contributed by atoms with van der Waals surface area (Å²) in [5.74, 6) is -6.65. The molecule has 1 aliphatic carbocycles. The maximum Gasteiger partial charge on any atom is 0.371 e. The van der Waals surface area contributed by atoms with Crippen LogP contribution in [0, 0.1) is 0 Å². The molecule has 66 valence electrons. The molecule has 2 nitrogen and oxygen atoms in total. The third-order valence-electron chi connectivity index (χ3n) is 1.99. The topological polar surface area (TPSA) is 34.1 Å². The Labute approximate surface area is 72.2 Å². The fraction of sp³-hybridized carbons (Fsp3) is 0.111. The highest BCUT2D eigenvalue weighted by Crippen LogP contribution is 2.33. The predicted molar refractivity (Wildman–Crippen MR) is 40.1 cm³/mol. The number of fused-ring (bicyclic) bond motifs is 1. The molecule has 0 saturated carbocycles. The van der Waals surface area contributed by atoms with E-state index in [9.17, 15) is 18.4 Å². The summed E-state index contributed by atoms with van der Waals surface area (Å²) in [6.45, 7) is 0. The highest BCUT2D eigenvalue weighted by molar-refractivity contribution is 6.30. The predicted octanol–water partition coefficient (Wildman–Crippen LogP) is 1.70. The van der Waals surface area contributed by atoms with E-state index >= 15 is 0 Å². The van der Waals surface area contributed by atoms with Crippen LogP contribution in [0.25, 0.3) is 0 Å². The van der Waals surface area contributed by atoms with Gasteiger partial charge < -0.3 is 0 Å². The van der Waals surface area contributed by atoms with E-state index in [0.717, 1.165) is 0 Å². The number of carbonyl (C=O) groups is 2. The van der Waals surface area contributed by atoms with E-state index in [4.69, 9.17) is 0 Å². The van der Waals surface area contributed by atoms with Gasteiger partial charge in [0.15, 0.2) is 0 Å². The maximum absolute atomic E-state index is 12.8. The first kappa shape index (κ1) is 8.04. The fourth-order valence-corrected chi connectivity index (χ4v) is 1.32. The van der Waals surface area contributed by atoms with Crippen LogP contribution in [0.15, 0.2) is 24.3 Å². The molecule has 0 unspecified atom stereocenters. The monoisotopic (exact) mass is 182 g/mol. The first-order valence-electron chi connectivity index (χ1n) is 3.61. The summed E-state index contributed by atoms with van der Waals surface area (Å²) in [4.78, 5) is 21.9. The number of halogens is 2. The van der Waals surface area contributed by atoms with Gasteiger partial charge in [0.25, 0.3) is 0 Å². The Morgan fingerprint density at radius 2 is 1.31 bits per heavy atom. The Hall–Kier alpha value is -1.58. The van der Waals surface area contributed by atoms with E-state index in [2.05, 4.69) is 0 Å². The minimum absolute atomic E-state index is 0.183. The Balaban J connectivity index is 2.71. The standard InChI is InChI=1S/C9H4F2O2/c10-9(11)7(12)5-3-1-2-4-6(5)8(9)13/h1-4H. The van der Waals surface area contributed by atoms with Crippen LogP contribution in [0.5, 0.6) is 0 Å². The van der Waals surface area contributed by atoms with Crippen LogP contribution in [0.3, 0.4) is 0 Å². The number of alkyl halides is 2. The number of benzene rings is 1. The van der Waals surface area contributed by atoms with Crippen molar-refractivity contribution in [3.63, 3.8) is 0 Å². The quantitative estimate of drug-likeness (QED) is 0.572. The van der Waals surface area contributed by atoms with Crippen LogP contribution >= 0.6 is 0 Å². The van der Waals surface area contributed by atoms with Crippen LogP contribution in [0.4, 0.5) is 8.78 Å². The first-order chi connectivity index (χ1) is 6.05. The van der Waals surface area contributed by atoms with E-state index in [0.29, 0.717) is 0 Å². The number of carbonyl (C=O) groups excluding carboxylic acids is 2. The molecule has 0 saturated heterocycles. The van der Waals surface area contributed by atoms with Gasteiger partial charge in [-0.25, -0.2) is 0 Å². The minimum Gasteiger partial charge on any atom is -0.287 e. The average molecular weight is 182 g/mol. The van der Waals surface area contributed by atoms with Crippen LogP contribution in [-0.4, -0.2) is 17.5 Å². The average Bonchev–Trinajstić information content (AvgIpc) is 2.30. The fourth-order valence-electron chi connectivity index (χ4n) is 1.32. The molecule has 0 amide bonds. The number of ketones is 2. The SMILES string of the molecule is O=C1c2ccccc2C(=O)C1(F)F. The molecule has 1 aliphatic rings. The van der Waals surface area contributed by atoms with E-state index < -0.39 is 17.5 Å². The zero-order valence-electron chi connectivity index (χ0n) is 6.38. The zero-order chi connectivity index (χ0) is 9.64. The van der Waals surface area contributed by atoms with E-state index in [-0.39, 0.29) is 11.1 Å². The molecule has 0 N–H and O–H groups in total. The molecular weight excluding hydrogens is 178 g/mol. The second-order valence-corrected chi connectivity index (χ2v) is 2.78. The first-order valence-corrected chi connectivity index (χ1v) is 3.61. The van der Waals surface area contributed by atoms with Gasteiger partial charge in [-0.1, -0.05) is 24.3 Å². The summed E-state index contributed by atoms with van der Waals surface area (Å²) in [6, 6.07) is 5.36.